The van der Waals surface area contributed by atoms with E-state index in [0.717, 1.165) is 26.1 Å². The molecule has 1 N–H and O–H groups in total. The van der Waals surface area contributed by atoms with Crippen LogP contribution in [0.3, 0.4) is 0 Å². The molecule has 2 bridgehead atoms. The van der Waals surface area contributed by atoms with E-state index in [-0.39, 0.29) is 5.92 Å². The minimum atomic E-state index is 0.259. The standard InChI is InChI=1S/C8H12N2O/c9-3-6-1-7-4-11-5-8(2-6)10-7/h6-8,10H,1-2,4-5H2/t6?,7-,8+. The maximum absolute atomic E-state index is 8.73. The first-order valence-electron chi connectivity index (χ1n) is 4.12. The van der Waals surface area contributed by atoms with Crippen LogP contribution in [-0.4, -0.2) is 25.3 Å². The fourth-order valence-corrected chi connectivity index (χ4v) is 1.94. The Morgan fingerprint density at radius 2 is 1.91 bits per heavy atom. The van der Waals surface area contributed by atoms with E-state index >= 15 is 0 Å². The Morgan fingerprint density at radius 3 is 2.45 bits per heavy atom. The molecular weight excluding hydrogens is 140 g/mol. The minimum Gasteiger partial charge on any atom is -0.378 e. The van der Waals surface area contributed by atoms with Crippen molar-refractivity contribution in [1.82, 2.24) is 5.32 Å². The van der Waals surface area contributed by atoms with Crippen molar-refractivity contribution >= 4 is 0 Å². The summed E-state index contributed by atoms with van der Waals surface area (Å²) in [5, 5.41) is 12.2. The lowest BCUT2D eigenvalue weighted by molar-refractivity contribution is 0.0152. The van der Waals surface area contributed by atoms with E-state index < -0.39 is 0 Å². The molecule has 0 aromatic rings. The molecular formula is C8H12N2O. The number of nitrogens with zero attached hydrogens (tertiary/aromatic N) is 1. The predicted molar refractivity (Wildman–Crippen MR) is 39.9 cm³/mol. The van der Waals surface area contributed by atoms with E-state index in [1.54, 1.807) is 0 Å². The highest BCUT2D eigenvalue weighted by atomic mass is 16.5. The molecule has 0 saturated carbocycles. The fraction of sp³-hybridized carbons (Fsp3) is 0.875. The number of nitriles is 1. The Balaban J connectivity index is 2.01. The second kappa shape index (κ2) is 2.80. The van der Waals surface area contributed by atoms with Crippen molar-refractivity contribution in [2.75, 3.05) is 13.2 Å². The van der Waals surface area contributed by atoms with Crippen LogP contribution in [0.1, 0.15) is 12.8 Å². The van der Waals surface area contributed by atoms with Crippen molar-refractivity contribution < 1.29 is 4.74 Å². The van der Waals surface area contributed by atoms with E-state index in [9.17, 15) is 0 Å². The van der Waals surface area contributed by atoms with Crippen LogP contribution in [0.4, 0.5) is 0 Å². The van der Waals surface area contributed by atoms with Gasteiger partial charge in [0.25, 0.3) is 0 Å². The van der Waals surface area contributed by atoms with Gasteiger partial charge in [-0.15, -0.1) is 0 Å². The number of ether oxygens (including phenoxy) is 1. The Hall–Kier alpha value is -0.590. The fourth-order valence-electron chi connectivity index (χ4n) is 1.94. The van der Waals surface area contributed by atoms with Gasteiger partial charge in [0.05, 0.1) is 19.3 Å². The number of hydrogen-bond acceptors (Lipinski definition) is 3. The van der Waals surface area contributed by atoms with Crippen LogP contribution in [-0.2, 0) is 4.74 Å². The van der Waals surface area contributed by atoms with Gasteiger partial charge >= 0.3 is 0 Å². The Labute approximate surface area is 66.3 Å². The molecule has 0 radical (unpaired) electrons. The third-order valence-corrected chi connectivity index (χ3v) is 2.43. The largest absolute Gasteiger partial charge is 0.378 e. The predicted octanol–water partition coefficient (Wildman–Crippen LogP) is 0.277. The Morgan fingerprint density at radius 1 is 1.27 bits per heavy atom. The number of nitrogens with one attached hydrogen (secondary N) is 1. The van der Waals surface area contributed by atoms with Gasteiger partial charge in [0, 0.05) is 18.0 Å². The molecule has 2 saturated heterocycles. The van der Waals surface area contributed by atoms with Gasteiger partial charge in [-0.25, -0.2) is 0 Å². The molecule has 0 aliphatic carbocycles. The molecule has 60 valence electrons. The highest BCUT2D eigenvalue weighted by Crippen LogP contribution is 2.22. The van der Waals surface area contributed by atoms with Gasteiger partial charge in [0.1, 0.15) is 0 Å². The molecule has 3 nitrogen and oxygen atoms in total. The van der Waals surface area contributed by atoms with Gasteiger partial charge in [0.2, 0.25) is 0 Å². The summed E-state index contributed by atoms with van der Waals surface area (Å²) < 4.78 is 5.36. The molecule has 0 aromatic heterocycles. The number of piperidine rings is 1. The molecule has 0 spiro atoms. The molecule has 2 aliphatic rings. The average Bonchev–Trinajstić information content (AvgIpc) is 2.03. The number of morpholine rings is 1. The van der Waals surface area contributed by atoms with Crippen molar-refractivity contribution in [3.8, 4) is 6.07 Å². The van der Waals surface area contributed by atoms with E-state index in [2.05, 4.69) is 11.4 Å². The average molecular weight is 152 g/mol. The topological polar surface area (TPSA) is 45.0 Å². The first kappa shape index (κ1) is 7.08. The summed E-state index contributed by atoms with van der Waals surface area (Å²) in [6.45, 7) is 1.57. The molecule has 2 rings (SSSR count). The SMILES string of the molecule is N#CC1C[C@H]2COC[C@@H](C1)N2. The van der Waals surface area contributed by atoms with Crippen LogP contribution < -0.4 is 5.32 Å². The maximum atomic E-state index is 8.73. The summed E-state index contributed by atoms with van der Waals surface area (Å²) in [6, 6.07) is 3.21. The smallest absolute Gasteiger partial charge is 0.0657 e. The quantitative estimate of drug-likeness (QED) is 0.542. The molecule has 2 aliphatic heterocycles. The number of hydrogen-bond donors (Lipinski definition) is 1. The van der Waals surface area contributed by atoms with Gasteiger partial charge in [-0.2, -0.15) is 5.26 Å². The van der Waals surface area contributed by atoms with Crippen LogP contribution in [0.5, 0.6) is 0 Å². The van der Waals surface area contributed by atoms with Gasteiger partial charge in [-0.05, 0) is 12.8 Å². The van der Waals surface area contributed by atoms with Crippen LogP contribution in [0.25, 0.3) is 0 Å². The van der Waals surface area contributed by atoms with Crippen molar-refractivity contribution in [1.29, 1.82) is 5.26 Å². The minimum absolute atomic E-state index is 0.259. The summed E-state index contributed by atoms with van der Waals surface area (Å²) in [4.78, 5) is 0. The molecule has 0 aromatic carbocycles. The molecule has 0 amide bonds. The zero-order valence-corrected chi connectivity index (χ0v) is 6.42. The highest BCUT2D eigenvalue weighted by Gasteiger charge is 2.31. The Kier molecular flexibility index (Phi) is 1.80. The summed E-state index contributed by atoms with van der Waals surface area (Å²) in [5.41, 5.74) is 0. The van der Waals surface area contributed by atoms with Crippen LogP contribution in [0.15, 0.2) is 0 Å². The zero-order chi connectivity index (χ0) is 7.68. The second-order valence-electron chi connectivity index (χ2n) is 3.40. The van der Waals surface area contributed by atoms with E-state index in [1.165, 1.54) is 0 Å². The second-order valence-corrected chi connectivity index (χ2v) is 3.40. The molecule has 1 unspecified atom stereocenters. The highest BCUT2D eigenvalue weighted by molar-refractivity contribution is 4.96. The third-order valence-electron chi connectivity index (χ3n) is 2.43. The molecule has 11 heavy (non-hydrogen) atoms. The van der Waals surface area contributed by atoms with E-state index in [0.29, 0.717) is 12.1 Å². The van der Waals surface area contributed by atoms with E-state index in [4.69, 9.17) is 10.00 Å². The number of fused-ring (bicyclic) bond motifs is 2. The molecule has 3 atom stereocenters. The van der Waals surface area contributed by atoms with Crippen molar-refractivity contribution in [3.05, 3.63) is 0 Å². The van der Waals surface area contributed by atoms with E-state index in [1.807, 2.05) is 0 Å². The number of rotatable bonds is 0. The monoisotopic (exact) mass is 152 g/mol. The normalized spacial score (nSPS) is 43.0. The molecule has 3 heteroatoms. The lowest BCUT2D eigenvalue weighted by atomic mass is 9.88. The molecule has 2 heterocycles. The summed E-state index contributed by atoms with van der Waals surface area (Å²) in [6.07, 6.45) is 1.93. The van der Waals surface area contributed by atoms with Crippen molar-refractivity contribution in [2.45, 2.75) is 24.9 Å². The van der Waals surface area contributed by atoms with Crippen LogP contribution in [0.2, 0.25) is 0 Å². The lowest BCUT2D eigenvalue weighted by Gasteiger charge is -2.37. The van der Waals surface area contributed by atoms with Gasteiger partial charge in [0.15, 0.2) is 0 Å². The summed E-state index contributed by atoms with van der Waals surface area (Å²) in [7, 11) is 0. The maximum Gasteiger partial charge on any atom is 0.0657 e. The van der Waals surface area contributed by atoms with Gasteiger partial charge < -0.3 is 10.1 Å². The Bertz CT molecular complexity index is 175. The first-order chi connectivity index (χ1) is 5.38. The third kappa shape index (κ3) is 1.37. The summed E-state index contributed by atoms with van der Waals surface area (Å²) in [5.74, 6) is 0.259. The molecule has 2 fully saturated rings. The van der Waals surface area contributed by atoms with Crippen molar-refractivity contribution in [3.63, 3.8) is 0 Å². The van der Waals surface area contributed by atoms with Crippen LogP contribution in [0, 0.1) is 17.2 Å². The van der Waals surface area contributed by atoms with Crippen molar-refractivity contribution in [2.24, 2.45) is 5.92 Å². The van der Waals surface area contributed by atoms with Gasteiger partial charge in [-0.1, -0.05) is 0 Å². The zero-order valence-electron chi connectivity index (χ0n) is 6.42. The first-order valence-corrected chi connectivity index (χ1v) is 4.12. The summed E-state index contributed by atoms with van der Waals surface area (Å²) >= 11 is 0. The van der Waals surface area contributed by atoms with Gasteiger partial charge in [-0.3, -0.25) is 0 Å². The lowest BCUT2D eigenvalue weighted by Crippen LogP contribution is -2.53. The van der Waals surface area contributed by atoms with Crippen LogP contribution >= 0.6 is 0 Å².